The number of nitrogens with zero attached hydrogens (tertiary/aromatic N) is 3. The number of anilines is 1. The summed E-state index contributed by atoms with van der Waals surface area (Å²) in [6, 6.07) is 8.23. The third-order valence-electron chi connectivity index (χ3n) is 4.58. The molecule has 3 N–H and O–H groups in total. The van der Waals surface area contributed by atoms with Gasteiger partial charge in [-0.1, -0.05) is 17.7 Å². The van der Waals surface area contributed by atoms with E-state index in [0.717, 1.165) is 41.9 Å². The summed E-state index contributed by atoms with van der Waals surface area (Å²) in [5, 5.41) is 10.3. The summed E-state index contributed by atoms with van der Waals surface area (Å²) in [5.41, 5.74) is 3.59. The van der Waals surface area contributed by atoms with Crippen molar-refractivity contribution in [1.82, 2.24) is 20.9 Å². The minimum atomic E-state index is -0.0855. The molecule has 3 rings (SSSR count). The monoisotopic (exact) mass is 548 g/mol. The molecule has 0 aliphatic carbocycles. The lowest BCUT2D eigenvalue weighted by Crippen LogP contribution is -2.46. The molecule has 1 saturated heterocycles. The van der Waals surface area contributed by atoms with Crippen molar-refractivity contribution in [2.24, 2.45) is 4.99 Å². The first-order chi connectivity index (χ1) is 13.6. The van der Waals surface area contributed by atoms with Gasteiger partial charge in [0, 0.05) is 50.0 Å². The zero-order valence-corrected chi connectivity index (χ0v) is 20.3. The summed E-state index contributed by atoms with van der Waals surface area (Å²) < 4.78 is 0. The average molecular weight is 549 g/mol. The highest BCUT2D eigenvalue weighted by molar-refractivity contribution is 14.0. The number of nitrogens with one attached hydrogen (secondary N) is 3. The fourth-order valence-corrected chi connectivity index (χ4v) is 4.03. The maximum Gasteiger partial charge on any atom is 0.263 e. The summed E-state index contributed by atoms with van der Waals surface area (Å²) in [6.07, 6.45) is 1.02. The molecule has 1 aliphatic rings. The Balaban J connectivity index is 0.00000300. The van der Waals surface area contributed by atoms with E-state index in [-0.39, 0.29) is 29.9 Å². The second-order valence-corrected chi connectivity index (χ2v) is 7.87. The van der Waals surface area contributed by atoms with E-state index >= 15 is 0 Å². The highest BCUT2D eigenvalue weighted by atomic mass is 127. The van der Waals surface area contributed by atoms with E-state index in [1.54, 1.807) is 12.6 Å². The Morgan fingerprint density at radius 2 is 2.17 bits per heavy atom. The fraction of sp³-hybridized carbons (Fsp3) is 0.421. The highest BCUT2D eigenvalue weighted by Crippen LogP contribution is 2.23. The molecule has 158 valence electrons. The number of amides is 1. The topological polar surface area (TPSA) is 81.6 Å². The molecular weight excluding hydrogens is 523 g/mol. The average Bonchev–Trinajstić information content (AvgIpc) is 3.33. The minimum Gasteiger partial charge on any atom is -0.369 e. The van der Waals surface area contributed by atoms with Crippen molar-refractivity contribution in [1.29, 1.82) is 0 Å². The van der Waals surface area contributed by atoms with Gasteiger partial charge in [0.1, 0.15) is 4.88 Å². The number of rotatable bonds is 6. The molecule has 29 heavy (non-hydrogen) atoms. The quantitative estimate of drug-likeness (QED) is 0.224. The molecule has 1 fully saturated rings. The van der Waals surface area contributed by atoms with Crippen LogP contribution < -0.4 is 20.9 Å². The van der Waals surface area contributed by atoms with Gasteiger partial charge in [0.2, 0.25) is 0 Å². The van der Waals surface area contributed by atoms with Crippen LogP contribution in [0.4, 0.5) is 5.69 Å². The van der Waals surface area contributed by atoms with Crippen LogP contribution in [0, 0.1) is 6.92 Å². The van der Waals surface area contributed by atoms with Crippen molar-refractivity contribution >= 4 is 64.5 Å². The summed E-state index contributed by atoms with van der Waals surface area (Å²) in [4.78, 5) is 23.4. The molecule has 1 aromatic heterocycles. The number of carbonyl (C=O) groups excluding carboxylic acids is 1. The van der Waals surface area contributed by atoms with E-state index < -0.39 is 0 Å². The van der Waals surface area contributed by atoms with E-state index in [1.165, 1.54) is 11.3 Å². The first-order valence-corrected chi connectivity index (χ1v) is 10.5. The van der Waals surface area contributed by atoms with Crippen molar-refractivity contribution in [3.63, 3.8) is 0 Å². The Bertz CT molecular complexity index is 846. The Labute approximate surface area is 197 Å². The molecule has 1 unspecified atom stereocenters. The van der Waals surface area contributed by atoms with Crippen LogP contribution in [0.2, 0.25) is 5.02 Å². The number of carbonyl (C=O) groups is 1. The SMILES string of the molecule is CN=C(NCCNC(=O)c1scnc1C)NC1CCN(c2cccc(Cl)c2)C1.I. The van der Waals surface area contributed by atoms with Crippen LogP contribution in [-0.4, -0.2) is 56.1 Å². The lowest BCUT2D eigenvalue weighted by atomic mass is 10.3. The summed E-state index contributed by atoms with van der Waals surface area (Å²) in [6.45, 7) is 4.80. The zero-order chi connectivity index (χ0) is 19.9. The van der Waals surface area contributed by atoms with E-state index in [9.17, 15) is 4.79 Å². The first-order valence-electron chi connectivity index (χ1n) is 9.23. The maximum absolute atomic E-state index is 12.1. The number of aryl methyl sites for hydroxylation is 1. The maximum atomic E-state index is 12.1. The zero-order valence-electron chi connectivity index (χ0n) is 16.4. The number of benzene rings is 1. The van der Waals surface area contributed by atoms with Gasteiger partial charge in [-0.3, -0.25) is 9.79 Å². The van der Waals surface area contributed by atoms with Crippen LogP contribution >= 0.6 is 46.9 Å². The Morgan fingerprint density at radius 3 is 2.86 bits per heavy atom. The standard InChI is InChI=1S/C19H25ClN6OS.HI/c1-13-17(28-12-24-13)18(27)22-7-8-23-19(21-2)25-15-6-9-26(11-15)16-5-3-4-14(20)10-16;/h3-5,10,12,15H,6-9,11H2,1-2H3,(H,22,27)(H2,21,23,25);1H. The van der Waals surface area contributed by atoms with Crippen LogP contribution in [0.15, 0.2) is 34.8 Å². The summed E-state index contributed by atoms with van der Waals surface area (Å²) >= 11 is 7.45. The highest BCUT2D eigenvalue weighted by Gasteiger charge is 2.23. The molecule has 2 aromatic rings. The predicted octanol–water partition coefficient (Wildman–Crippen LogP) is 2.90. The van der Waals surface area contributed by atoms with Crippen molar-refractivity contribution in [2.75, 3.05) is 38.1 Å². The van der Waals surface area contributed by atoms with Gasteiger partial charge in [-0.05, 0) is 31.5 Å². The van der Waals surface area contributed by atoms with Gasteiger partial charge in [0.25, 0.3) is 5.91 Å². The van der Waals surface area contributed by atoms with Crippen molar-refractivity contribution < 1.29 is 4.79 Å². The molecule has 1 amide bonds. The van der Waals surface area contributed by atoms with E-state index in [2.05, 4.69) is 36.9 Å². The van der Waals surface area contributed by atoms with Gasteiger partial charge in [0.15, 0.2) is 5.96 Å². The van der Waals surface area contributed by atoms with Crippen molar-refractivity contribution in [2.45, 2.75) is 19.4 Å². The number of halogens is 2. The molecule has 0 radical (unpaired) electrons. The first kappa shape index (κ1) is 23.7. The number of hydrogen-bond donors (Lipinski definition) is 3. The molecule has 0 bridgehead atoms. The van der Waals surface area contributed by atoms with Crippen LogP contribution in [0.25, 0.3) is 0 Å². The molecule has 1 atom stereocenters. The Morgan fingerprint density at radius 1 is 1.38 bits per heavy atom. The lowest BCUT2D eigenvalue weighted by Gasteiger charge is -2.20. The minimum absolute atomic E-state index is 0. The second kappa shape index (κ2) is 11.6. The smallest absolute Gasteiger partial charge is 0.263 e. The van der Waals surface area contributed by atoms with Crippen LogP contribution in [0.5, 0.6) is 0 Å². The van der Waals surface area contributed by atoms with E-state index in [4.69, 9.17) is 11.6 Å². The van der Waals surface area contributed by atoms with Crippen molar-refractivity contribution in [3.8, 4) is 0 Å². The largest absolute Gasteiger partial charge is 0.369 e. The summed E-state index contributed by atoms with van der Waals surface area (Å²) in [5.74, 6) is 0.652. The second-order valence-electron chi connectivity index (χ2n) is 6.58. The Hall–Kier alpha value is -1.59. The van der Waals surface area contributed by atoms with E-state index in [0.29, 0.717) is 24.0 Å². The number of aromatic nitrogens is 1. The molecule has 7 nitrogen and oxygen atoms in total. The van der Waals surface area contributed by atoms with Crippen LogP contribution in [0.1, 0.15) is 21.8 Å². The van der Waals surface area contributed by atoms with Crippen LogP contribution in [-0.2, 0) is 0 Å². The van der Waals surface area contributed by atoms with Gasteiger partial charge >= 0.3 is 0 Å². The molecule has 10 heteroatoms. The van der Waals surface area contributed by atoms with E-state index in [1.807, 2.05) is 25.1 Å². The van der Waals surface area contributed by atoms with Gasteiger partial charge < -0.3 is 20.9 Å². The molecule has 1 aliphatic heterocycles. The van der Waals surface area contributed by atoms with Gasteiger partial charge in [-0.2, -0.15) is 0 Å². The molecule has 2 heterocycles. The number of guanidine groups is 1. The van der Waals surface area contributed by atoms with Gasteiger partial charge in [-0.25, -0.2) is 4.98 Å². The summed E-state index contributed by atoms with van der Waals surface area (Å²) in [7, 11) is 1.75. The number of aliphatic imine (C=N–C) groups is 1. The molecule has 0 saturated carbocycles. The molecule has 1 aromatic carbocycles. The third-order valence-corrected chi connectivity index (χ3v) is 5.74. The Kier molecular flexibility index (Phi) is 9.44. The van der Waals surface area contributed by atoms with Gasteiger partial charge in [-0.15, -0.1) is 35.3 Å². The van der Waals surface area contributed by atoms with Crippen LogP contribution in [0.3, 0.4) is 0 Å². The molecular formula is C19H26ClIN6OS. The van der Waals surface area contributed by atoms with Gasteiger partial charge in [0.05, 0.1) is 11.2 Å². The fourth-order valence-electron chi connectivity index (χ4n) is 3.13. The van der Waals surface area contributed by atoms with Crippen molar-refractivity contribution in [3.05, 3.63) is 45.4 Å². The number of thiazole rings is 1. The normalized spacial score (nSPS) is 16.3. The molecule has 0 spiro atoms. The predicted molar refractivity (Wildman–Crippen MR) is 131 cm³/mol. The third kappa shape index (κ3) is 6.71. The lowest BCUT2D eigenvalue weighted by molar-refractivity contribution is 0.0957. The number of hydrogen-bond acceptors (Lipinski definition) is 5.